The highest BCUT2D eigenvalue weighted by Gasteiger charge is 2.32. The molecule has 2 aromatic carbocycles. The monoisotopic (exact) mass is 587 g/mol. The van der Waals surface area contributed by atoms with Crippen LogP contribution in [-0.2, 0) is 4.74 Å². The predicted molar refractivity (Wildman–Crippen MR) is 143 cm³/mol. The number of halogens is 1. The molecule has 4 rings (SSSR count). The van der Waals surface area contributed by atoms with E-state index in [0.717, 1.165) is 39.2 Å². The summed E-state index contributed by atoms with van der Waals surface area (Å²) >= 11 is 2.20. The van der Waals surface area contributed by atoms with E-state index in [1.807, 2.05) is 80.1 Å². The van der Waals surface area contributed by atoms with Crippen LogP contribution < -0.4 is 4.74 Å². The molecule has 3 aromatic rings. The molecule has 0 saturated carbocycles. The van der Waals surface area contributed by atoms with Crippen molar-refractivity contribution in [3.63, 3.8) is 0 Å². The van der Waals surface area contributed by atoms with Gasteiger partial charge in [0.2, 0.25) is 0 Å². The van der Waals surface area contributed by atoms with E-state index in [-0.39, 0.29) is 17.9 Å². The summed E-state index contributed by atoms with van der Waals surface area (Å²) in [6.07, 6.45) is 1.32. The van der Waals surface area contributed by atoms with E-state index in [1.165, 1.54) is 0 Å². The van der Waals surface area contributed by atoms with E-state index in [2.05, 4.69) is 22.6 Å². The van der Waals surface area contributed by atoms with Crippen molar-refractivity contribution < 1.29 is 19.1 Å². The zero-order valence-corrected chi connectivity index (χ0v) is 22.6. The molecule has 8 heteroatoms. The maximum atomic E-state index is 12.7. The van der Waals surface area contributed by atoms with Crippen molar-refractivity contribution in [1.82, 2.24) is 14.7 Å². The van der Waals surface area contributed by atoms with E-state index in [4.69, 9.17) is 14.6 Å². The Labute approximate surface area is 219 Å². The lowest BCUT2D eigenvalue weighted by Crippen LogP contribution is -2.44. The van der Waals surface area contributed by atoms with Gasteiger partial charge in [0.05, 0.1) is 9.61 Å². The van der Waals surface area contributed by atoms with Crippen LogP contribution in [0.3, 0.4) is 0 Å². The topological polar surface area (TPSA) is 73.7 Å². The largest absolute Gasteiger partial charge is 0.457 e. The highest BCUT2D eigenvalue weighted by molar-refractivity contribution is 14.1. The number of para-hydroxylation sites is 1. The highest BCUT2D eigenvalue weighted by Crippen LogP contribution is 2.33. The summed E-state index contributed by atoms with van der Waals surface area (Å²) in [6, 6.07) is 17.2. The van der Waals surface area contributed by atoms with E-state index in [0.29, 0.717) is 18.8 Å². The predicted octanol–water partition coefficient (Wildman–Crippen LogP) is 6.72. The van der Waals surface area contributed by atoms with Crippen molar-refractivity contribution in [1.29, 1.82) is 0 Å². The van der Waals surface area contributed by atoms with Crippen LogP contribution in [0.15, 0.2) is 54.6 Å². The minimum Gasteiger partial charge on any atom is -0.457 e. The number of nitrogens with zero attached hydrogens (tertiary/aromatic N) is 3. The van der Waals surface area contributed by atoms with Crippen LogP contribution in [0.1, 0.15) is 57.1 Å². The van der Waals surface area contributed by atoms with Crippen LogP contribution in [0.5, 0.6) is 11.5 Å². The van der Waals surface area contributed by atoms with Gasteiger partial charge in [-0.15, -0.1) is 0 Å². The first kappa shape index (κ1) is 25.2. The molecule has 184 valence electrons. The smallest absolute Gasteiger partial charge is 0.410 e. The van der Waals surface area contributed by atoms with E-state index in [1.54, 1.807) is 11.8 Å². The Morgan fingerprint density at radius 1 is 1.03 bits per heavy atom. The standard InChI is InChI=1S/C27H30IN3O4/c1-18(32)25-23(28)24(19-12-14-22(15-13-19)34-21-10-6-5-7-11-21)29-31(25)20-9-8-16-30(17-20)26(33)35-27(2,3)4/h5-7,10-15,20H,8-9,16-17H2,1-4H3. The van der Waals surface area contributed by atoms with Gasteiger partial charge in [-0.2, -0.15) is 5.10 Å². The van der Waals surface area contributed by atoms with Crippen molar-refractivity contribution in [2.24, 2.45) is 0 Å². The molecule has 1 aromatic heterocycles. The zero-order chi connectivity index (χ0) is 25.2. The summed E-state index contributed by atoms with van der Waals surface area (Å²) < 4.78 is 14.1. The maximum absolute atomic E-state index is 12.7. The summed E-state index contributed by atoms with van der Waals surface area (Å²) in [4.78, 5) is 27.0. The summed E-state index contributed by atoms with van der Waals surface area (Å²) in [6.45, 7) is 8.23. The van der Waals surface area contributed by atoms with Gasteiger partial charge in [-0.3, -0.25) is 9.48 Å². The maximum Gasteiger partial charge on any atom is 0.410 e. The van der Waals surface area contributed by atoms with Crippen LogP contribution in [-0.4, -0.2) is 45.2 Å². The van der Waals surface area contributed by atoms with Gasteiger partial charge in [-0.25, -0.2) is 4.79 Å². The summed E-state index contributed by atoms with van der Waals surface area (Å²) in [5.74, 6) is 1.44. The van der Waals surface area contributed by atoms with Crippen LogP contribution in [0.25, 0.3) is 11.3 Å². The van der Waals surface area contributed by atoms with E-state index >= 15 is 0 Å². The van der Waals surface area contributed by atoms with Gasteiger partial charge >= 0.3 is 6.09 Å². The molecule has 1 amide bonds. The molecule has 35 heavy (non-hydrogen) atoms. The molecule has 1 fully saturated rings. The minimum atomic E-state index is -0.556. The molecule has 0 N–H and O–H groups in total. The number of hydrogen-bond acceptors (Lipinski definition) is 5. The summed E-state index contributed by atoms with van der Waals surface area (Å²) in [5.41, 5.74) is 1.66. The van der Waals surface area contributed by atoms with Gasteiger partial charge in [0, 0.05) is 25.6 Å². The Hall–Kier alpha value is -2.88. The number of rotatable bonds is 5. The van der Waals surface area contributed by atoms with Gasteiger partial charge in [-0.05, 0) is 92.6 Å². The number of amides is 1. The average Bonchev–Trinajstić information content (AvgIpc) is 3.16. The van der Waals surface area contributed by atoms with Gasteiger partial charge < -0.3 is 14.4 Å². The Bertz CT molecular complexity index is 1200. The molecule has 1 saturated heterocycles. The number of ketones is 1. The van der Waals surface area contributed by atoms with E-state index in [9.17, 15) is 9.59 Å². The fourth-order valence-electron chi connectivity index (χ4n) is 4.13. The molecule has 1 aliphatic heterocycles. The zero-order valence-electron chi connectivity index (χ0n) is 20.5. The Morgan fingerprint density at radius 2 is 1.69 bits per heavy atom. The Balaban J connectivity index is 1.59. The third kappa shape index (κ3) is 6.04. The van der Waals surface area contributed by atoms with Crippen molar-refractivity contribution in [3.8, 4) is 22.8 Å². The molecule has 7 nitrogen and oxygen atoms in total. The quantitative estimate of drug-likeness (QED) is 0.245. The lowest BCUT2D eigenvalue weighted by molar-refractivity contribution is 0.0167. The third-order valence-electron chi connectivity index (χ3n) is 5.69. The number of carbonyl (C=O) groups is 2. The lowest BCUT2D eigenvalue weighted by atomic mass is 10.1. The Kier molecular flexibility index (Phi) is 7.49. The number of piperidine rings is 1. The fourth-order valence-corrected chi connectivity index (χ4v) is 5.18. The van der Waals surface area contributed by atoms with Crippen LogP contribution >= 0.6 is 22.6 Å². The van der Waals surface area contributed by atoms with Gasteiger partial charge in [0.25, 0.3) is 0 Å². The van der Waals surface area contributed by atoms with Crippen molar-refractivity contribution in [2.45, 2.75) is 52.2 Å². The molecule has 1 unspecified atom stereocenters. The molecule has 2 heterocycles. The first-order valence-electron chi connectivity index (χ1n) is 11.7. The highest BCUT2D eigenvalue weighted by atomic mass is 127. The molecular formula is C27H30IN3O4. The minimum absolute atomic E-state index is 0.0495. The third-order valence-corrected chi connectivity index (χ3v) is 6.71. The van der Waals surface area contributed by atoms with Crippen LogP contribution in [0.2, 0.25) is 0 Å². The molecule has 0 aliphatic carbocycles. The summed E-state index contributed by atoms with van der Waals surface area (Å²) in [7, 11) is 0. The number of hydrogen-bond donors (Lipinski definition) is 0. The van der Waals surface area contributed by atoms with Crippen LogP contribution in [0.4, 0.5) is 4.79 Å². The number of benzene rings is 2. The normalized spacial score (nSPS) is 16.1. The number of aromatic nitrogens is 2. The van der Waals surface area contributed by atoms with Gasteiger partial charge in [0.1, 0.15) is 28.5 Å². The molecule has 0 radical (unpaired) electrons. The Morgan fingerprint density at radius 3 is 2.31 bits per heavy atom. The number of carbonyl (C=O) groups excluding carboxylic acids is 2. The number of Topliss-reactive ketones (excluding diaryl/α,β-unsaturated/α-hetero) is 1. The first-order chi connectivity index (χ1) is 16.6. The second-order valence-electron chi connectivity index (χ2n) is 9.67. The molecular weight excluding hydrogens is 557 g/mol. The first-order valence-corrected chi connectivity index (χ1v) is 12.8. The van der Waals surface area contributed by atoms with Crippen molar-refractivity contribution in [2.75, 3.05) is 13.1 Å². The second kappa shape index (κ2) is 10.4. The average molecular weight is 587 g/mol. The van der Waals surface area contributed by atoms with Crippen LogP contribution in [0, 0.1) is 3.57 Å². The van der Waals surface area contributed by atoms with Crippen molar-refractivity contribution >= 4 is 34.5 Å². The molecule has 1 aliphatic rings. The molecule has 0 bridgehead atoms. The lowest BCUT2D eigenvalue weighted by Gasteiger charge is -2.34. The number of ether oxygens (including phenoxy) is 2. The van der Waals surface area contributed by atoms with Crippen molar-refractivity contribution in [3.05, 3.63) is 63.9 Å². The number of likely N-dealkylation sites (tertiary alicyclic amines) is 1. The summed E-state index contributed by atoms with van der Waals surface area (Å²) in [5, 5.41) is 4.88. The fraction of sp³-hybridized carbons (Fsp3) is 0.370. The van der Waals surface area contributed by atoms with Gasteiger partial charge in [0.15, 0.2) is 5.78 Å². The molecule has 1 atom stereocenters. The van der Waals surface area contributed by atoms with Gasteiger partial charge in [-0.1, -0.05) is 18.2 Å². The molecule has 0 spiro atoms. The SMILES string of the molecule is CC(=O)c1c(I)c(-c2ccc(Oc3ccccc3)cc2)nn1C1CCCN(C(=O)OC(C)(C)C)C1. The van der Waals surface area contributed by atoms with E-state index < -0.39 is 5.60 Å². The second-order valence-corrected chi connectivity index (χ2v) is 10.8.